The molecule has 0 aromatic heterocycles. The van der Waals surface area contributed by atoms with Gasteiger partial charge in [-0.25, -0.2) is 0 Å². The lowest BCUT2D eigenvalue weighted by atomic mass is 10.1. The molecule has 0 unspecified atom stereocenters. The van der Waals surface area contributed by atoms with Crippen molar-refractivity contribution in [1.29, 1.82) is 0 Å². The van der Waals surface area contributed by atoms with Crippen molar-refractivity contribution in [3.05, 3.63) is 62.7 Å². The second-order valence-electron chi connectivity index (χ2n) is 7.07. The van der Waals surface area contributed by atoms with Crippen LogP contribution in [-0.4, -0.2) is 54.1 Å². The van der Waals surface area contributed by atoms with Gasteiger partial charge in [-0.3, -0.25) is 20.2 Å². The summed E-state index contributed by atoms with van der Waals surface area (Å²) in [5.41, 5.74) is 1.95. The van der Waals surface area contributed by atoms with E-state index in [9.17, 15) is 14.9 Å². The zero-order valence-corrected chi connectivity index (χ0v) is 18.2. The van der Waals surface area contributed by atoms with Gasteiger partial charge in [0.2, 0.25) is 0 Å². The Balaban J connectivity index is 1.65. The molecular formula is C20H22ClN5O3S. The lowest BCUT2D eigenvalue weighted by Gasteiger charge is -2.34. The van der Waals surface area contributed by atoms with Gasteiger partial charge in [0.15, 0.2) is 5.11 Å². The molecule has 1 aliphatic heterocycles. The Labute approximate surface area is 184 Å². The number of nitro groups is 1. The molecule has 1 fully saturated rings. The van der Waals surface area contributed by atoms with Crippen LogP contribution in [0.3, 0.4) is 0 Å². The van der Waals surface area contributed by atoms with Crippen LogP contribution in [0.15, 0.2) is 36.4 Å². The van der Waals surface area contributed by atoms with Gasteiger partial charge in [-0.15, -0.1) is 0 Å². The van der Waals surface area contributed by atoms with Gasteiger partial charge in [0.05, 0.1) is 15.6 Å². The van der Waals surface area contributed by atoms with E-state index in [0.29, 0.717) is 10.7 Å². The van der Waals surface area contributed by atoms with Crippen LogP contribution in [0.4, 0.5) is 17.1 Å². The number of hydrogen-bond donors (Lipinski definition) is 2. The van der Waals surface area contributed by atoms with E-state index >= 15 is 0 Å². The number of hydrogen-bond acceptors (Lipinski definition) is 6. The molecule has 2 aromatic rings. The largest absolute Gasteiger partial charge is 0.368 e. The van der Waals surface area contributed by atoms with Crippen LogP contribution in [0, 0.1) is 17.0 Å². The number of benzene rings is 2. The van der Waals surface area contributed by atoms with Crippen LogP contribution in [0.5, 0.6) is 0 Å². The molecule has 1 aliphatic rings. The minimum atomic E-state index is -0.521. The number of anilines is 2. The maximum absolute atomic E-state index is 12.5. The van der Waals surface area contributed by atoms with E-state index in [1.807, 2.05) is 12.1 Å². The van der Waals surface area contributed by atoms with Gasteiger partial charge in [-0.05, 0) is 50.5 Å². The van der Waals surface area contributed by atoms with Gasteiger partial charge in [0.25, 0.3) is 11.6 Å². The van der Waals surface area contributed by atoms with Crippen molar-refractivity contribution in [2.24, 2.45) is 0 Å². The van der Waals surface area contributed by atoms with Gasteiger partial charge in [0, 0.05) is 49.1 Å². The number of piperazine rings is 1. The number of nitrogens with zero attached hydrogens (tertiary/aromatic N) is 3. The van der Waals surface area contributed by atoms with E-state index in [4.69, 9.17) is 23.8 Å². The standard InChI is InChI=1S/C20H22ClN5O3S/c1-13-15(4-3-5-17(13)26(28)29)19(27)23-20(30)22-14-6-7-18(16(21)12-14)25-10-8-24(2)9-11-25/h3-7,12H,8-11H2,1-2H3,(H2,22,23,27,30). The molecule has 10 heteroatoms. The Kier molecular flexibility index (Phi) is 6.86. The number of rotatable bonds is 4. The summed E-state index contributed by atoms with van der Waals surface area (Å²) in [6, 6.07) is 9.86. The van der Waals surface area contributed by atoms with Crippen molar-refractivity contribution in [3.63, 3.8) is 0 Å². The molecule has 0 bridgehead atoms. The van der Waals surface area contributed by atoms with E-state index in [-0.39, 0.29) is 21.9 Å². The van der Waals surface area contributed by atoms with Crippen LogP contribution < -0.4 is 15.5 Å². The van der Waals surface area contributed by atoms with E-state index in [2.05, 4.69) is 27.5 Å². The Hall–Kier alpha value is -2.75. The lowest BCUT2D eigenvalue weighted by Crippen LogP contribution is -2.44. The molecule has 30 heavy (non-hydrogen) atoms. The minimum absolute atomic E-state index is 0.0781. The topological polar surface area (TPSA) is 90.8 Å². The molecule has 0 radical (unpaired) electrons. The highest BCUT2D eigenvalue weighted by Crippen LogP contribution is 2.29. The molecule has 2 aromatic carbocycles. The zero-order chi connectivity index (χ0) is 21.8. The van der Waals surface area contributed by atoms with Crippen molar-refractivity contribution in [2.75, 3.05) is 43.4 Å². The Morgan fingerprint density at radius 1 is 1.20 bits per heavy atom. The highest BCUT2D eigenvalue weighted by molar-refractivity contribution is 7.80. The van der Waals surface area contributed by atoms with Gasteiger partial charge in [0.1, 0.15) is 0 Å². The van der Waals surface area contributed by atoms with E-state index in [0.717, 1.165) is 31.9 Å². The van der Waals surface area contributed by atoms with Crippen LogP contribution in [0.1, 0.15) is 15.9 Å². The molecule has 1 saturated heterocycles. The Bertz CT molecular complexity index is 992. The minimum Gasteiger partial charge on any atom is -0.368 e. The first-order valence-corrected chi connectivity index (χ1v) is 10.1. The highest BCUT2D eigenvalue weighted by Gasteiger charge is 2.19. The summed E-state index contributed by atoms with van der Waals surface area (Å²) in [7, 11) is 2.09. The summed E-state index contributed by atoms with van der Waals surface area (Å²) in [6.07, 6.45) is 0. The third-order valence-electron chi connectivity index (χ3n) is 5.02. The summed E-state index contributed by atoms with van der Waals surface area (Å²) in [5.74, 6) is -0.520. The van der Waals surface area contributed by atoms with Crippen molar-refractivity contribution < 1.29 is 9.72 Å². The molecule has 0 aliphatic carbocycles. The fourth-order valence-corrected chi connectivity index (χ4v) is 3.80. The highest BCUT2D eigenvalue weighted by atomic mass is 35.5. The summed E-state index contributed by atoms with van der Waals surface area (Å²) in [5, 5.41) is 17.2. The number of carbonyl (C=O) groups is 1. The Morgan fingerprint density at radius 2 is 1.90 bits per heavy atom. The van der Waals surface area contributed by atoms with Gasteiger partial charge < -0.3 is 15.1 Å². The fourth-order valence-electron chi connectivity index (χ4n) is 3.29. The maximum Gasteiger partial charge on any atom is 0.273 e. The average Bonchev–Trinajstić information content (AvgIpc) is 2.68. The van der Waals surface area contributed by atoms with E-state index in [1.165, 1.54) is 25.1 Å². The second kappa shape index (κ2) is 9.38. The van der Waals surface area contributed by atoms with Crippen molar-refractivity contribution in [2.45, 2.75) is 6.92 Å². The summed E-state index contributed by atoms with van der Waals surface area (Å²) >= 11 is 11.7. The quantitative estimate of drug-likeness (QED) is 0.421. The SMILES string of the molecule is Cc1c(C(=O)NC(=S)Nc2ccc(N3CCN(C)CC3)c(Cl)c2)cccc1[N+](=O)[O-]. The molecule has 158 valence electrons. The Morgan fingerprint density at radius 3 is 2.53 bits per heavy atom. The van der Waals surface area contributed by atoms with Crippen LogP contribution >= 0.6 is 23.8 Å². The van der Waals surface area contributed by atoms with Crippen LogP contribution in [0.25, 0.3) is 0 Å². The molecule has 1 amide bonds. The predicted molar refractivity (Wildman–Crippen MR) is 123 cm³/mol. The molecule has 0 saturated carbocycles. The summed E-state index contributed by atoms with van der Waals surface area (Å²) in [6.45, 7) is 5.29. The number of halogens is 1. The third-order valence-corrected chi connectivity index (χ3v) is 5.53. The molecule has 2 N–H and O–H groups in total. The van der Waals surface area contributed by atoms with Crippen molar-refractivity contribution in [3.8, 4) is 0 Å². The zero-order valence-electron chi connectivity index (χ0n) is 16.6. The summed E-state index contributed by atoms with van der Waals surface area (Å²) in [4.78, 5) is 27.5. The predicted octanol–water partition coefficient (Wildman–Crippen LogP) is 3.44. The van der Waals surface area contributed by atoms with Gasteiger partial charge in [-0.2, -0.15) is 0 Å². The van der Waals surface area contributed by atoms with Crippen LogP contribution in [0.2, 0.25) is 5.02 Å². The fraction of sp³-hybridized carbons (Fsp3) is 0.300. The van der Waals surface area contributed by atoms with E-state index < -0.39 is 10.8 Å². The smallest absolute Gasteiger partial charge is 0.273 e. The van der Waals surface area contributed by atoms with E-state index in [1.54, 1.807) is 6.07 Å². The summed E-state index contributed by atoms with van der Waals surface area (Å²) < 4.78 is 0. The van der Waals surface area contributed by atoms with Crippen molar-refractivity contribution >= 4 is 51.9 Å². The first-order valence-electron chi connectivity index (χ1n) is 9.35. The number of likely N-dealkylation sites (N-methyl/N-ethyl adjacent to an activating group) is 1. The van der Waals surface area contributed by atoms with Gasteiger partial charge >= 0.3 is 0 Å². The molecule has 1 heterocycles. The average molecular weight is 448 g/mol. The normalized spacial score (nSPS) is 14.3. The molecular weight excluding hydrogens is 426 g/mol. The number of thiocarbonyl (C=S) groups is 1. The molecule has 0 spiro atoms. The number of nitro benzene ring substituents is 1. The second-order valence-corrected chi connectivity index (χ2v) is 7.89. The maximum atomic E-state index is 12.5. The number of amides is 1. The van der Waals surface area contributed by atoms with Gasteiger partial charge in [-0.1, -0.05) is 17.7 Å². The molecule has 0 atom stereocenters. The molecule has 3 rings (SSSR count). The number of nitrogens with one attached hydrogen (secondary N) is 2. The monoisotopic (exact) mass is 447 g/mol. The first-order chi connectivity index (χ1) is 14.3. The number of carbonyl (C=O) groups excluding carboxylic acids is 1. The first kappa shape index (κ1) is 21.9. The van der Waals surface area contributed by atoms with Crippen LogP contribution in [-0.2, 0) is 0 Å². The van der Waals surface area contributed by atoms with Crippen molar-refractivity contribution in [1.82, 2.24) is 10.2 Å². The molecule has 8 nitrogen and oxygen atoms in total. The third kappa shape index (κ3) is 5.05. The lowest BCUT2D eigenvalue weighted by molar-refractivity contribution is -0.385.